The summed E-state index contributed by atoms with van der Waals surface area (Å²) >= 11 is 0. The van der Waals surface area contributed by atoms with Crippen LogP contribution < -0.4 is 9.47 Å². The van der Waals surface area contributed by atoms with Crippen LogP contribution in [0, 0.1) is 0 Å². The fourth-order valence-electron chi connectivity index (χ4n) is 5.90. The van der Waals surface area contributed by atoms with E-state index in [9.17, 15) is 5.11 Å². The zero-order valence-corrected chi connectivity index (χ0v) is 20.5. The van der Waals surface area contributed by atoms with Crippen LogP contribution in [0.25, 0.3) is 10.9 Å². The quantitative estimate of drug-likeness (QED) is 0.412. The molecule has 35 heavy (non-hydrogen) atoms. The van der Waals surface area contributed by atoms with E-state index in [1.54, 1.807) is 7.11 Å². The number of aliphatic hydroxyl groups is 1. The summed E-state index contributed by atoms with van der Waals surface area (Å²) in [6, 6.07) is 21.6. The molecule has 3 aromatic carbocycles. The summed E-state index contributed by atoms with van der Waals surface area (Å²) < 4.78 is 14.1. The Labute approximate surface area is 206 Å². The third-order valence-corrected chi connectivity index (χ3v) is 7.78. The fraction of sp³-hybridized carbons (Fsp3) is 0.333. The van der Waals surface area contributed by atoms with E-state index >= 15 is 0 Å². The van der Waals surface area contributed by atoms with Crippen LogP contribution in [0.15, 0.2) is 60.7 Å². The van der Waals surface area contributed by atoms with Crippen LogP contribution in [0.1, 0.15) is 46.5 Å². The van der Waals surface area contributed by atoms with Gasteiger partial charge in [-0.3, -0.25) is 4.90 Å². The highest BCUT2D eigenvalue weighted by Gasteiger charge is 2.36. The van der Waals surface area contributed by atoms with Gasteiger partial charge in [-0.2, -0.15) is 0 Å². The number of aromatic nitrogens is 1. The molecule has 1 unspecified atom stereocenters. The molecule has 0 aliphatic carbocycles. The number of benzene rings is 3. The third-order valence-electron chi connectivity index (χ3n) is 7.78. The number of aryl methyl sites for hydroxylation is 1. The molecule has 2 aliphatic rings. The molecule has 6 rings (SSSR count). The number of hydrogen-bond acceptors (Lipinski definition) is 4. The summed E-state index contributed by atoms with van der Waals surface area (Å²) in [7, 11) is 1.72. The van der Waals surface area contributed by atoms with Gasteiger partial charge in [0.05, 0.1) is 12.6 Å². The number of ether oxygens (including phenoxy) is 2. The van der Waals surface area contributed by atoms with Crippen LogP contribution in [0.5, 0.6) is 11.5 Å². The molecule has 0 saturated heterocycles. The predicted molar refractivity (Wildman–Crippen MR) is 138 cm³/mol. The lowest BCUT2D eigenvalue weighted by atomic mass is 9.85. The Hall–Kier alpha value is -3.28. The highest BCUT2D eigenvalue weighted by atomic mass is 16.5. The minimum absolute atomic E-state index is 0.0162. The number of aliphatic hydroxyl groups excluding tert-OH is 1. The van der Waals surface area contributed by atoms with Gasteiger partial charge in [-0.25, -0.2) is 0 Å². The van der Waals surface area contributed by atoms with Gasteiger partial charge in [0.2, 0.25) is 0 Å². The number of rotatable bonds is 6. The van der Waals surface area contributed by atoms with E-state index in [0.717, 1.165) is 54.9 Å². The van der Waals surface area contributed by atoms with Gasteiger partial charge in [0.15, 0.2) is 11.5 Å². The fourth-order valence-corrected chi connectivity index (χ4v) is 5.90. The van der Waals surface area contributed by atoms with Crippen molar-refractivity contribution in [2.75, 3.05) is 13.7 Å². The molecule has 3 heterocycles. The summed E-state index contributed by atoms with van der Waals surface area (Å²) in [4.78, 5) is 2.56. The molecule has 1 N–H and O–H groups in total. The minimum Gasteiger partial charge on any atom is -0.493 e. The van der Waals surface area contributed by atoms with Gasteiger partial charge < -0.3 is 19.1 Å². The second-order valence-corrected chi connectivity index (χ2v) is 9.62. The van der Waals surface area contributed by atoms with Crippen molar-refractivity contribution in [1.29, 1.82) is 0 Å². The van der Waals surface area contributed by atoms with Gasteiger partial charge in [-0.15, -0.1) is 0 Å². The van der Waals surface area contributed by atoms with Crippen LogP contribution in [0.4, 0.5) is 0 Å². The van der Waals surface area contributed by atoms with Crippen LogP contribution in [0.3, 0.4) is 0 Å². The van der Waals surface area contributed by atoms with Crippen LogP contribution in [-0.4, -0.2) is 28.2 Å². The topological polar surface area (TPSA) is 46.9 Å². The molecule has 5 nitrogen and oxygen atoms in total. The Kier molecular flexibility index (Phi) is 5.75. The first kappa shape index (κ1) is 22.2. The van der Waals surface area contributed by atoms with Gasteiger partial charge in [0.1, 0.15) is 13.3 Å². The molecule has 1 aromatic heterocycles. The van der Waals surface area contributed by atoms with Crippen LogP contribution >= 0.6 is 0 Å². The van der Waals surface area contributed by atoms with Gasteiger partial charge in [-0.05, 0) is 71.3 Å². The van der Waals surface area contributed by atoms with E-state index in [1.807, 2.05) is 18.2 Å². The molecule has 1 atom stereocenters. The Morgan fingerprint density at radius 3 is 2.63 bits per heavy atom. The molecule has 2 aliphatic heterocycles. The Morgan fingerprint density at radius 2 is 1.86 bits per heavy atom. The maximum atomic E-state index is 10.2. The molecule has 4 aromatic rings. The Morgan fingerprint density at radius 1 is 1.00 bits per heavy atom. The number of nitrogens with zero attached hydrogens (tertiary/aromatic N) is 2. The number of hydrogen-bond donors (Lipinski definition) is 1. The van der Waals surface area contributed by atoms with Gasteiger partial charge in [-0.1, -0.05) is 43.3 Å². The predicted octanol–water partition coefficient (Wildman–Crippen LogP) is 5.40. The van der Waals surface area contributed by atoms with E-state index in [0.29, 0.717) is 12.6 Å². The zero-order valence-electron chi connectivity index (χ0n) is 20.5. The first-order valence-electron chi connectivity index (χ1n) is 12.6. The lowest BCUT2D eigenvalue weighted by Crippen LogP contribution is -2.39. The molecule has 0 bridgehead atoms. The van der Waals surface area contributed by atoms with Gasteiger partial charge >= 0.3 is 0 Å². The first-order chi connectivity index (χ1) is 17.2. The van der Waals surface area contributed by atoms with Gasteiger partial charge in [0, 0.05) is 30.2 Å². The zero-order chi connectivity index (χ0) is 23.9. The van der Waals surface area contributed by atoms with E-state index in [4.69, 9.17) is 9.47 Å². The molecule has 0 fully saturated rings. The van der Waals surface area contributed by atoms with Crippen molar-refractivity contribution in [2.45, 2.75) is 52.1 Å². The van der Waals surface area contributed by atoms with E-state index in [2.05, 4.69) is 58.9 Å². The SMILES string of the molecule is CCc1ccc2c(c1)c1c(n2CO)CN2CCc3cc(OCc4ccccc4)c(OC)cc3C2C1. The molecule has 0 amide bonds. The molecular formula is C30H32N2O3. The number of fused-ring (bicyclic) bond motifs is 6. The second-order valence-electron chi connectivity index (χ2n) is 9.62. The summed E-state index contributed by atoms with van der Waals surface area (Å²) in [6.07, 6.45) is 2.93. The van der Waals surface area contributed by atoms with Crippen molar-refractivity contribution >= 4 is 10.9 Å². The third kappa shape index (κ3) is 3.79. The molecule has 5 heteroatoms. The largest absolute Gasteiger partial charge is 0.493 e. The summed E-state index contributed by atoms with van der Waals surface area (Å²) in [6.45, 7) is 4.58. The Bertz CT molecular complexity index is 1380. The van der Waals surface area contributed by atoms with Crippen molar-refractivity contribution in [3.05, 3.63) is 94.2 Å². The highest BCUT2D eigenvalue weighted by Crippen LogP contribution is 2.44. The highest BCUT2D eigenvalue weighted by molar-refractivity contribution is 5.86. The van der Waals surface area contributed by atoms with Gasteiger partial charge in [0.25, 0.3) is 0 Å². The lowest BCUT2D eigenvalue weighted by Gasteiger charge is -2.41. The maximum Gasteiger partial charge on any atom is 0.161 e. The van der Waals surface area contributed by atoms with E-state index in [-0.39, 0.29) is 6.73 Å². The monoisotopic (exact) mass is 468 g/mol. The van der Waals surface area contributed by atoms with Crippen LogP contribution in [-0.2, 0) is 39.1 Å². The lowest BCUT2D eigenvalue weighted by molar-refractivity contribution is 0.145. The summed E-state index contributed by atoms with van der Waals surface area (Å²) in [5.74, 6) is 1.60. The second kappa shape index (κ2) is 9.06. The Balaban J connectivity index is 1.36. The molecule has 180 valence electrons. The maximum absolute atomic E-state index is 10.2. The molecular weight excluding hydrogens is 436 g/mol. The molecule has 0 radical (unpaired) electrons. The average molecular weight is 469 g/mol. The van der Waals surface area contributed by atoms with Crippen molar-refractivity contribution < 1.29 is 14.6 Å². The smallest absolute Gasteiger partial charge is 0.161 e. The summed E-state index contributed by atoms with van der Waals surface area (Å²) in [5.41, 5.74) is 8.93. The average Bonchev–Trinajstić information content (AvgIpc) is 3.22. The van der Waals surface area contributed by atoms with Crippen molar-refractivity contribution in [3.63, 3.8) is 0 Å². The number of methoxy groups -OCH3 is 1. The van der Waals surface area contributed by atoms with Crippen molar-refractivity contribution in [2.24, 2.45) is 0 Å². The van der Waals surface area contributed by atoms with Crippen molar-refractivity contribution in [1.82, 2.24) is 9.47 Å². The normalized spacial score (nSPS) is 17.1. The van der Waals surface area contributed by atoms with Crippen molar-refractivity contribution in [3.8, 4) is 11.5 Å². The summed E-state index contributed by atoms with van der Waals surface area (Å²) in [5, 5.41) is 11.5. The van der Waals surface area contributed by atoms with E-state index in [1.165, 1.54) is 33.3 Å². The first-order valence-corrected chi connectivity index (χ1v) is 12.6. The van der Waals surface area contributed by atoms with Crippen LogP contribution in [0.2, 0.25) is 0 Å². The minimum atomic E-state index is 0.0162. The molecule has 0 spiro atoms. The standard InChI is InChI=1S/C30H32N2O3/c1-3-20-9-10-26-24(13-20)25-15-27-23-16-29(34-2)30(35-18-21-7-5-4-6-8-21)14-22(23)11-12-31(27)17-28(25)32(26)19-33/h4-10,13-14,16,27,33H,3,11-12,15,17-19H2,1-2H3. The molecule has 0 saturated carbocycles. The van der Waals surface area contributed by atoms with E-state index < -0.39 is 0 Å².